The average molecular weight is 912 g/mol. The van der Waals surface area contributed by atoms with Gasteiger partial charge in [-0.05, 0) is 46.1 Å². The third kappa shape index (κ3) is 17.4. The summed E-state index contributed by atoms with van der Waals surface area (Å²) < 4.78 is 22.0. The maximum absolute atomic E-state index is 13.1. The van der Waals surface area contributed by atoms with Crippen molar-refractivity contribution in [1.29, 1.82) is 0 Å². The van der Waals surface area contributed by atoms with Crippen molar-refractivity contribution in [3.63, 3.8) is 0 Å². The first-order valence-corrected chi connectivity index (χ1v) is 20.0. The molecular weight excluding hydrogens is 850 g/mol. The summed E-state index contributed by atoms with van der Waals surface area (Å²) in [7, 11) is 0. The van der Waals surface area contributed by atoms with Gasteiger partial charge in [0.15, 0.2) is 18.9 Å². The van der Waals surface area contributed by atoms with Gasteiger partial charge in [-0.2, -0.15) is 0 Å². The summed E-state index contributed by atoms with van der Waals surface area (Å²) in [6.07, 6.45) is -13.5. The van der Waals surface area contributed by atoms with E-state index in [9.17, 15) is 69.0 Å². The van der Waals surface area contributed by atoms with Gasteiger partial charge in [-0.1, -0.05) is 6.92 Å². The smallest absolute Gasteiger partial charge is 0.326 e. The van der Waals surface area contributed by atoms with Crippen LogP contribution in [-0.4, -0.2) is 200 Å². The molecular formula is C36H61N7O20. The standard InChI is InChI=1S/C36H61N7O20/c1-14(13-60-28-24(41-17(4)45)34(59)62-36(27(28)51)63-35-23(37)26(50)25(49)20(12-44)61-35)29(52)39-15(2)30(53)43-19(33(57)58)8-9-21(46)42-18(31(54)40-16(3)32(55)56)7-5-6-10-38-11-22(47)48/h14-16,18-20,23-28,34-36,38,44,49-51,59H,5-13,37H2,1-4H3,(H,39,52)(H,40,54)(H,41,45)(H,42,46)(H,43,53)(H,47,48)(H,55,56)(H,57,58)/t14?,15-,16+,18-,19+,20+,23+,24+,25+,26+,27-,28-,34-,35-,36+/m0/s1. The SMILES string of the molecule is CC(=O)N[C@@H]1[C@H](OCC(C)C(=O)N[C@@H](C)C(=O)N[C@H](CCC(=O)N[C@@H](CCCCNCC(=O)O)C(=O)N[C@H](C)C(=O)O)C(=O)O)[C@H](O)[C@@H](O[C@@H]2O[C@H](CO)[C@@H](O)[C@H](O)[C@H]2N)O[C@@H]1O. The normalized spacial score (nSPS) is 28.2. The molecule has 1 unspecified atom stereocenters. The fraction of sp³-hybridized carbons (Fsp3) is 0.778. The Labute approximate surface area is 360 Å². The molecule has 2 aliphatic rings. The van der Waals surface area contributed by atoms with Crippen molar-refractivity contribution in [2.45, 2.75) is 145 Å². The van der Waals surface area contributed by atoms with Crippen LogP contribution in [-0.2, 0) is 57.3 Å². The van der Waals surface area contributed by atoms with Gasteiger partial charge in [0, 0.05) is 13.3 Å². The molecule has 0 aliphatic carbocycles. The first kappa shape index (κ1) is 54.5. The number of aliphatic hydroxyl groups excluding tert-OH is 5. The lowest BCUT2D eigenvalue weighted by Gasteiger charge is -2.46. The van der Waals surface area contributed by atoms with Gasteiger partial charge in [-0.3, -0.25) is 33.6 Å². The Morgan fingerprint density at radius 1 is 0.730 bits per heavy atom. The lowest BCUT2D eigenvalue weighted by molar-refractivity contribution is -0.373. The summed E-state index contributed by atoms with van der Waals surface area (Å²) in [4.78, 5) is 97.6. The van der Waals surface area contributed by atoms with E-state index in [0.717, 1.165) is 6.92 Å². The van der Waals surface area contributed by atoms with E-state index >= 15 is 0 Å². The van der Waals surface area contributed by atoms with E-state index in [2.05, 4.69) is 31.9 Å². The van der Waals surface area contributed by atoms with Crippen LogP contribution in [0.2, 0.25) is 0 Å². The molecule has 2 aliphatic heterocycles. The van der Waals surface area contributed by atoms with Crippen molar-refractivity contribution < 1.29 is 98.2 Å². The largest absolute Gasteiger partial charge is 0.480 e. The second-order valence-electron chi connectivity index (χ2n) is 15.2. The van der Waals surface area contributed by atoms with Crippen LogP contribution < -0.4 is 37.6 Å². The number of carboxylic acids is 3. The van der Waals surface area contributed by atoms with Gasteiger partial charge in [0.1, 0.15) is 60.7 Å². The van der Waals surface area contributed by atoms with Crippen molar-refractivity contribution in [2.75, 3.05) is 26.3 Å². The summed E-state index contributed by atoms with van der Waals surface area (Å²) in [6, 6.07) is -8.40. The summed E-state index contributed by atoms with van der Waals surface area (Å²) in [5, 5.41) is 93.7. The zero-order chi connectivity index (χ0) is 47.7. The Kier molecular flexibility index (Phi) is 22.6. The molecule has 5 amide bonds. The lowest BCUT2D eigenvalue weighted by atomic mass is 9.97. The molecule has 27 heteroatoms. The Balaban J connectivity index is 2.01. The number of rotatable bonds is 26. The number of amides is 5. The molecule has 2 rings (SSSR count). The molecule has 360 valence electrons. The zero-order valence-corrected chi connectivity index (χ0v) is 35.1. The highest BCUT2D eigenvalue weighted by Crippen LogP contribution is 2.28. The number of carboxylic acid groups (broad SMARTS) is 3. The Morgan fingerprint density at radius 2 is 1.38 bits per heavy atom. The minimum absolute atomic E-state index is 0.0244. The van der Waals surface area contributed by atoms with Crippen LogP contribution >= 0.6 is 0 Å². The number of nitrogens with two attached hydrogens (primary N) is 1. The Hall–Kier alpha value is -4.68. The molecule has 27 nitrogen and oxygen atoms in total. The van der Waals surface area contributed by atoms with E-state index in [-0.39, 0.29) is 19.5 Å². The van der Waals surface area contributed by atoms with E-state index in [0.29, 0.717) is 12.8 Å². The molecule has 0 aromatic carbocycles. The van der Waals surface area contributed by atoms with E-state index in [1.807, 2.05) is 0 Å². The number of carbonyl (C=O) groups excluding carboxylic acids is 5. The molecule has 0 bridgehead atoms. The van der Waals surface area contributed by atoms with Crippen molar-refractivity contribution in [3.8, 4) is 0 Å². The van der Waals surface area contributed by atoms with Gasteiger partial charge in [0.05, 0.1) is 31.7 Å². The maximum Gasteiger partial charge on any atom is 0.326 e. The van der Waals surface area contributed by atoms with Gasteiger partial charge in [-0.25, -0.2) is 4.79 Å². The van der Waals surface area contributed by atoms with Gasteiger partial charge in [-0.15, -0.1) is 0 Å². The molecule has 2 saturated heterocycles. The Morgan fingerprint density at radius 3 is 1.97 bits per heavy atom. The maximum atomic E-state index is 13.1. The quantitative estimate of drug-likeness (QED) is 0.0359. The number of carbonyl (C=O) groups is 8. The topological polar surface area (TPSA) is 434 Å². The van der Waals surface area contributed by atoms with Crippen LogP contribution in [0, 0.1) is 5.92 Å². The molecule has 0 spiro atoms. The van der Waals surface area contributed by atoms with Crippen LogP contribution in [0.5, 0.6) is 0 Å². The van der Waals surface area contributed by atoms with E-state index < -0.39 is 165 Å². The number of ether oxygens (including phenoxy) is 4. The number of aliphatic carboxylic acids is 3. The lowest BCUT2D eigenvalue weighted by Crippen LogP contribution is -2.67. The van der Waals surface area contributed by atoms with Gasteiger partial charge in [0.25, 0.3) is 0 Å². The zero-order valence-electron chi connectivity index (χ0n) is 35.1. The predicted octanol–water partition coefficient (Wildman–Crippen LogP) is -6.90. The van der Waals surface area contributed by atoms with Crippen LogP contribution in [0.15, 0.2) is 0 Å². The minimum atomic E-state index is -1.89. The van der Waals surface area contributed by atoms with Crippen LogP contribution in [0.25, 0.3) is 0 Å². The molecule has 63 heavy (non-hydrogen) atoms. The molecule has 15 atom stereocenters. The molecule has 0 saturated carbocycles. The Bertz CT molecular complexity index is 1580. The third-order valence-electron chi connectivity index (χ3n) is 9.88. The van der Waals surface area contributed by atoms with E-state index in [1.54, 1.807) is 0 Å². The number of nitrogens with one attached hydrogen (secondary N) is 6. The molecule has 2 heterocycles. The van der Waals surface area contributed by atoms with Crippen LogP contribution in [0.3, 0.4) is 0 Å². The van der Waals surface area contributed by atoms with Crippen molar-refractivity contribution in [1.82, 2.24) is 31.9 Å². The van der Waals surface area contributed by atoms with Gasteiger partial charge >= 0.3 is 17.9 Å². The summed E-state index contributed by atoms with van der Waals surface area (Å²) in [5.41, 5.74) is 5.90. The van der Waals surface area contributed by atoms with E-state index in [1.165, 1.54) is 20.8 Å². The number of aliphatic hydroxyl groups is 5. The highest BCUT2D eigenvalue weighted by atomic mass is 16.8. The van der Waals surface area contributed by atoms with Crippen LogP contribution in [0.1, 0.15) is 59.8 Å². The molecule has 16 N–H and O–H groups in total. The fourth-order valence-corrected chi connectivity index (χ4v) is 6.18. The average Bonchev–Trinajstić information content (AvgIpc) is 3.20. The second kappa shape index (κ2) is 26.2. The highest BCUT2D eigenvalue weighted by molar-refractivity contribution is 5.92. The molecule has 2 fully saturated rings. The van der Waals surface area contributed by atoms with Crippen molar-refractivity contribution in [2.24, 2.45) is 11.7 Å². The van der Waals surface area contributed by atoms with E-state index in [4.69, 9.17) is 34.9 Å². The molecule has 0 radical (unpaired) electrons. The van der Waals surface area contributed by atoms with Gasteiger partial charge in [0.2, 0.25) is 29.5 Å². The first-order valence-electron chi connectivity index (χ1n) is 20.0. The second-order valence-corrected chi connectivity index (χ2v) is 15.2. The third-order valence-corrected chi connectivity index (χ3v) is 9.88. The highest BCUT2D eigenvalue weighted by Gasteiger charge is 2.50. The monoisotopic (exact) mass is 911 g/mol. The van der Waals surface area contributed by atoms with Crippen molar-refractivity contribution in [3.05, 3.63) is 0 Å². The van der Waals surface area contributed by atoms with Gasteiger partial charge < -0.3 is 97.4 Å². The fourth-order valence-electron chi connectivity index (χ4n) is 6.18. The number of hydrogen-bond donors (Lipinski definition) is 15. The summed E-state index contributed by atoms with van der Waals surface area (Å²) in [6.45, 7) is 3.60. The first-order chi connectivity index (χ1) is 29.5. The number of hydrogen-bond acceptors (Lipinski definition) is 19. The predicted molar refractivity (Wildman–Crippen MR) is 208 cm³/mol. The van der Waals surface area contributed by atoms with Crippen molar-refractivity contribution >= 4 is 47.4 Å². The summed E-state index contributed by atoms with van der Waals surface area (Å²) >= 11 is 0. The number of unbranched alkanes of at least 4 members (excludes halogenated alkanes) is 1. The minimum Gasteiger partial charge on any atom is -0.480 e. The summed E-state index contributed by atoms with van der Waals surface area (Å²) in [5.74, 6) is -9.15. The molecule has 0 aromatic heterocycles. The molecule has 0 aromatic rings. The van der Waals surface area contributed by atoms with Crippen LogP contribution in [0.4, 0.5) is 0 Å².